The van der Waals surface area contributed by atoms with Crippen LogP contribution in [0.3, 0.4) is 0 Å². The molecule has 2 unspecified atom stereocenters. The Labute approximate surface area is 325 Å². The van der Waals surface area contributed by atoms with Crippen molar-refractivity contribution in [2.45, 2.75) is 179 Å². The molecule has 1 spiro atoms. The maximum atomic E-state index is 12.1. The Bertz CT molecular complexity index is 1490. The first-order valence-electron chi connectivity index (χ1n) is 20.9. The van der Waals surface area contributed by atoms with Crippen LogP contribution >= 0.6 is 0 Å². The normalized spacial score (nSPS) is 59.7. The minimum Gasteiger partial charge on any atom is -0.396 e. The van der Waals surface area contributed by atoms with Gasteiger partial charge in [0.15, 0.2) is 12.6 Å². The number of hydrogen-bond acceptors (Lipinski definition) is 13. The lowest BCUT2D eigenvalue weighted by molar-refractivity contribution is -0.367. The topological polar surface area (TPSA) is 208 Å². The van der Waals surface area contributed by atoms with E-state index in [1.165, 1.54) is 0 Å². The second-order valence-corrected chi connectivity index (χ2v) is 21.0. The summed E-state index contributed by atoms with van der Waals surface area (Å²) in [5.41, 5.74) is -1.90. The number of rotatable bonds is 6. The number of allylic oxidation sites excluding steroid dienone is 1. The second-order valence-electron chi connectivity index (χ2n) is 21.0. The highest BCUT2D eigenvalue weighted by Crippen LogP contribution is 2.79. The van der Waals surface area contributed by atoms with Crippen molar-refractivity contribution in [2.24, 2.45) is 50.2 Å². The molecular weight excluding hydrogens is 712 g/mol. The van der Waals surface area contributed by atoms with Crippen LogP contribution < -0.4 is 0 Å². The van der Waals surface area contributed by atoms with E-state index >= 15 is 0 Å². The van der Waals surface area contributed by atoms with Gasteiger partial charge < -0.3 is 64.5 Å². The van der Waals surface area contributed by atoms with Crippen molar-refractivity contribution in [3.8, 4) is 0 Å². The third-order valence-electron chi connectivity index (χ3n) is 17.9. The summed E-state index contributed by atoms with van der Waals surface area (Å²) in [6.07, 6.45) is -3.39. The zero-order valence-electron chi connectivity index (χ0n) is 33.7. The monoisotopic (exact) mass is 780 g/mol. The number of fused-ring (bicyclic) bond motifs is 4. The third-order valence-corrected chi connectivity index (χ3v) is 17.9. The Morgan fingerprint density at radius 1 is 0.727 bits per heavy atom. The Hall–Kier alpha value is -0.780. The van der Waals surface area contributed by atoms with Crippen molar-refractivity contribution >= 4 is 0 Å². The summed E-state index contributed by atoms with van der Waals surface area (Å²) in [7, 11) is 0. The molecule has 13 heteroatoms. The highest BCUT2D eigenvalue weighted by Gasteiger charge is 2.79. The van der Waals surface area contributed by atoms with Crippen LogP contribution in [0.1, 0.15) is 99.8 Å². The van der Waals surface area contributed by atoms with Gasteiger partial charge in [-0.3, -0.25) is 0 Å². The molecule has 21 atom stereocenters. The van der Waals surface area contributed by atoms with Gasteiger partial charge in [-0.2, -0.15) is 0 Å². The van der Waals surface area contributed by atoms with Gasteiger partial charge in [-0.25, -0.2) is 0 Å². The van der Waals surface area contributed by atoms with E-state index in [1.807, 2.05) is 0 Å². The average molecular weight is 781 g/mol. The Morgan fingerprint density at radius 3 is 2.13 bits per heavy atom. The van der Waals surface area contributed by atoms with Crippen LogP contribution in [0, 0.1) is 50.2 Å². The van der Waals surface area contributed by atoms with Crippen molar-refractivity contribution in [3.05, 3.63) is 12.2 Å². The van der Waals surface area contributed by atoms with E-state index in [9.17, 15) is 40.9 Å². The zero-order chi connectivity index (χ0) is 39.9. The summed E-state index contributed by atoms with van der Waals surface area (Å²) in [6, 6.07) is 0. The summed E-state index contributed by atoms with van der Waals surface area (Å²) in [6.45, 7) is 15.4. The molecule has 7 fully saturated rings. The van der Waals surface area contributed by atoms with Crippen LogP contribution in [-0.4, -0.2) is 140 Å². The van der Waals surface area contributed by atoms with Crippen molar-refractivity contribution in [1.82, 2.24) is 0 Å². The van der Waals surface area contributed by atoms with E-state index in [-0.39, 0.29) is 51.4 Å². The van der Waals surface area contributed by atoms with Crippen molar-refractivity contribution in [1.29, 1.82) is 0 Å². The van der Waals surface area contributed by atoms with E-state index < -0.39 is 91.2 Å². The molecule has 8 rings (SSSR count). The molecule has 314 valence electrons. The van der Waals surface area contributed by atoms with Gasteiger partial charge in [0.2, 0.25) is 0 Å². The quantitative estimate of drug-likeness (QED) is 0.143. The molecular formula is C42H68O13. The van der Waals surface area contributed by atoms with Crippen molar-refractivity contribution < 1.29 is 64.5 Å². The minimum absolute atomic E-state index is 0.0414. The molecule has 0 aromatic heterocycles. The van der Waals surface area contributed by atoms with Crippen LogP contribution in [0.5, 0.6) is 0 Å². The first-order valence-corrected chi connectivity index (χ1v) is 20.9. The molecule has 13 nitrogen and oxygen atoms in total. The van der Waals surface area contributed by atoms with Gasteiger partial charge in [0.25, 0.3) is 0 Å². The number of aliphatic hydroxyl groups is 8. The summed E-state index contributed by atoms with van der Waals surface area (Å²) < 4.78 is 31.2. The van der Waals surface area contributed by atoms with E-state index in [2.05, 4.69) is 53.7 Å². The van der Waals surface area contributed by atoms with Gasteiger partial charge in [0.05, 0.1) is 43.7 Å². The Kier molecular flexibility index (Phi) is 9.95. The molecule has 8 aliphatic rings. The minimum atomic E-state index is -1.72. The molecule has 0 amide bonds. The molecule has 8 N–H and O–H groups in total. The largest absolute Gasteiger partial charge is 0.396 e. The summed E-state index contributed by atoms with van der Waals surface area (Å²) in [5.74, 6) is 0.449. The molecule has 2 bridgehead atoms. The van der Waals surface area contributed by atoms with Crippen molar-refractivity contribution in [3.63, 3.8) is 0 Å². The van der Waals surface area contributed by atoms with Crippen LogP contribution in [0.25, 0.3) is 0 Å². The molecule has 3 aliphatic heterocycles. The van der Waals surface area contributed by atoms with Crippen LogP contribution in [-0.2, 0) is 23.7 Å². The third kappa shape index (κ3) is 5.44. The zero-order valence-corrected chi connectivity index (χ0v) is 33.7. The lowest BCUT2D eigenvalue weighted by Crippen LogP contribution is -2.72. The summed E-state index contributed by atoms with van der Waals surface area (Å²) in [4.78, 5) is 0. The standard InChI is InChI=1S/C42H68O13/c1-21-28(46)33(55-34-31(49)30(48)29(47)22(18-43)53-34)32(50)35(52-21)54-27-10-11-37(4)23(38(27,5)19-44)8-12-39(6)24(37)9-13-42-25-16-36(2,3)14-15-41(25,20-51-42)26(45)17-40(39,42)7/h9,13,21-35,43-50H,8,10-12,14-20H2,1-7H3/t21-,22?,23-,24-,25-,26-,27+,28+,29-,30?,31+,32-,33+,34+,35+,37+,38+,39-,40+,41-,42+/m1/s1. The molecule has 55 heavy (non-hydrogen) atoms. The SMILES string of the molecule is C[C@H]1O[C@@H](O[C@H]2CC[C@@]3(C)[C@@H](CC[C@]4(C)[C@@H]3C=C[C@]35OC[C@@]6(CCC(C)(C)C[C@H]63)[C@H](O)C[C@]54C)[C@]2(C)CO)[C@H](O)[C@@H](O[C@@H]2OC(CO)[C@@H](O)C(O)[C@@H]2O)[C@H]1O. The fraction of sp³-hybridized carbons (Fsp3) is 0.952. The van der Waals surface area contributed by atoms with E-state index in [0.29, 0.717) is 19.4 Å². The molecule has 5 aliphatic carbocycles. The number of ether oxygens (including phenoxy) is 5. The number of hydrogen-bond donors (Lipinski definition) is 8. The maximum absolute atomic E-state index is 12.1. The maximum Gasteiger partial charge on any atom is 0.187 e. The second kappa shape index (κ2) is 13.4. The van der Waals surface area contributed by atoms with Gasteiger partial charge in [0, 0.05) is 22.2 Å². The predicted octanol–water partition coefficient (Wildman–Crippen LogP) is 1.78. The lowest BCUT2D eigenvalue weighted by Gasteiger charge is -2.73. The fourth-order valence-electron chi connectivity index (χ4n) is 14.3. The molecule has 4 saturated carbocycles. The first-order chi connectivity index (χ1) is 25.7. The molecule has 0 radical (unpaired) electrons. The fourth-order valence-corrected chi connectivity index (χ4v) is 14.3. The molecule has 3 saturated heterocycles. The predicted molar refractivity (Wildman–Crippen MR) is 197 cm³/mol. The summed E-state index contributed by atoms with van der Waals surface area (Å²) in [5, 5.41) is 87.0. The van der Waals surface area contributed by atoms with Gasteiger partial charge in [-0.1, -0.05) is 53.7 Å². The van der Waals surface area contributed by atoms with Gasteiger partial charge >= 0.3 is 0 Å². The number of aliphatic hydroxyl groups excluding tert-OH is 8. The molecule has 0 aromatic rings. The smallest absolute Gasteiger partial charge is 0.187 e. The molecule has 0 aromatic carbocycles. The van der Waals surface area contributed by atoms with Gasteiger partial charge in [-0.15, -0.1) is 0 Å². The van der Waals surface area contributed by atoms with Gasteiger partial charge in [-0.05, 0) is 86.4 Å². The van der Waals surface area contributed by atoms with Gasteiger partial charge in [0.1, 0.15) is 42.7 Å². The highest BCUT2D eigenvalue weighted by molar-refractivity contribution is 5.36. The summed E-state index contributed by atoms with van der Waals surface area (Å²) >= 11 is 0. The Balaban J connectivity index is 1.05. The van der Waals surface area contributed by atoms with E-state index in [0.717, 1.165) is 38.5 Å². The van der Waals surface area contributed by atoms with E-state index in [1.54, 1.807) is 6.92 Å². The lowest BCUT2D eigenvalue weighted by atomic mass is 9.32. The van der Waals surface area contributed by atoms with Crippen LogP contribution in [0.15, 0.2) is 12.2 Å². The Morgan fingerprint density at radius 2 is 1.44 bits per heavy atom. The molecule has 3 heterocycles. The average Bonchev–Trinajstić information content (AvgIpc) is 3.41. The van der Waals surface area contributed by atoms with Crippen LogP contribution in [0.4, 0.5) is 0 Å². The first kappa shape index (κ1) is 41.0. The van der Waals surface area contributed by atoms with E-state index in [4.69, 9.17) is 23.7 Å². The van der Waals surface area contributed by atoms with Crippen molar-refractivity contribution in [2.75, 3.05) is 19.8 Å². The highest BCUT2D eigenvalue weighted by atomic mass is 16.7. The van der Waals surface area contributed by atoms with Crippen LogP contribution in [0.2, 0.25) is 0 Å².